The molecule has 0 N–H and O–H groups in total. The van der Waals surface area contributed by atoms with Gasteiger partial charge in [0.05, 0.1) is 26.2 Å². The minimum Gasteiger partial charge on any atom is -0.375 e. The molecule has 0 aliphatic carbocycles. The summed E-state index contributed by atoms with van der Waals surface area (Å²) in [4.78, 5) is 6.08. The highest BCUT2D eigenvalue weighted by molar-refractivity contribution is 5.62. The maximum absolute atomic E-state index is 14.6. The van der Waals surface area contributed by atoms with Crippen LogP contribution in [0, 0.1) is 18.6 Å². The topological polar surface area (TPSA) is 34.1 Å². The summed E-state index contributed by atoms with van der Waals surface area (Å²) in [5.74, 6) is -0.738. The van der Waals surface area contributed by atoms with E-state index in [1.807, 2.05) is 25.8 Å². The van der Waals surface area contributed by atoms with E-state index < -0.39 is 11.4 Å². The zero-order valence-electron chi connectivity index (χ0n) is 15.8. The van der Waals surface area contributed by atoms with E-state index >= 15 is 0 Å². The van der Waals surface area contributed by atoms with Gasteiger partial charge in [-0.25, -0.2) is 13.8 Å². The summed E-state index contributed by atoms with van der Waals surface area (Å²) in [6.45, 7) is 5.38. The molecule has 3 rings (SSSR count). The molecular weight excluding hydrogens is 350 g/mol. The summed E-state index contributed by atoms with van der Waals surface area (Å²) in [5.41, 5.74) is 1.55. The summed E-state index contributed by atoms with van der Waals surface area (Å²) < 4.78 is 39.9. The van der Waals surface area contributed by atoms with E-state index in [1.54, 1.807) is 30.6 Å². The van der Waals surface area contributed by atoms with E-state index in [1.165, 1.54) is 12.1 Å². The number of hydrogen-bond acceptors (Lipinski definition) is 3. The first-order valence-electron chi connectivity index (χ1n) is 8.95. The fourth-order valence-electron chi connectivity index (χ4n) is 2.93. The predicted octanol–water partition coefficient (Wildman–Crippen LogP) is 4.33. The SMILES string of the molecule is CCN(C)C=Nc1cc(C)c(C2(OCc3ccccc3F)COC2)cc1F. The molecule has 6 heteroatoms. The van der Waals surface area contributed by atoms with Gasteiger partial charge in [-0.2, -0.15) is 0 Å². The second-order valence-electron chi connectivity index (χ2n) is 6.80. The first-order chi connectivity index (χ1) is 12.9. The molecule has 0 unspecified atom stereocenters. The lowest BCUT2D eigenvalue weighted by molar-refractivity contribution is -0.223. The van der Waals surface area contributed by atoms with Gasteiger partial charge >= 0.3 is 0 Å². The van der Waals surface area contributed by atoms with Crippen LogP contribution in [-0.4, -0.2) is 38.0 Å². The van der Waals surface area contributed by atoms with Crippen LogP contribution in [0.1, 0.15) is 23.6 Å². The molecule has 4 nitrogen and oxygen atoms in total. The number of rotatable bonds is 7. The number of aryl methyl sites for hydroxylation is 1. The highest BCUT2D eigenvalue weighted by Crippen LogP contribution is 2.38. The first-order valence-corrected chi connectivity index (χ1v) is 8.95. The summed E-state index contributed by atoms with van der Waals surface area (Å²) in [5, 5.41) is 0. The molecular formula is C21H24F2N2O2. The maximum atomic E-state index is 14.6. The molecule has 0 saturated carbocycles. The van der Waals surface area contributed by atoms with Crippen LogP contribution in [0.15, 0.2) is 41.4 Å². The molecule has 27 heavy (non-hydrogen) atoms. The van der Waals surface area contributed by atoms with Gasteiger partial charge in [0.25, 0.3) is 0 Å². The predicted molar refractivity (Wildman–Crippen MR) is 101 cm³/mol. The van der Waals surface area contributed by atoms with Crippen LogP contribution in [0.5, 0.6) is 0 Å². The van der Waals surface area contributed by atoms with Crippen molar-refractivity contribution < 1.29 is 18.3 Å². The van der Waals surface area contributed by atoms with Crippen LogP contribution in [0.2, 0.25) is 0 Å². The molecule has 0 aromatic heterocycles. The Labute approximate surface area is 158 Å². The molecule has 1 aliphatic heterocycles. The lowest BCUT2D eigenvalue weighted by Crippen LogP contribution is -2.49. The van der Waals surface area contributed by atoms with Gasteiger partial charge in [-0.05, 0) is 43.2 Å². The van der Waals surface area contributed by atoms with Crippen LogP contribution < -0.4 is 0 Å². The Balaban J connectivity index is 1.83. The van der Waals surface area contributed by atoms with Crippen molar-refractivity contribution in [3.8, 4) is 0 Å². The van der Waals surface area contributed by atoms with Crippen LogP contribution in [0.4, 0.5) is 14.5 Å². The van der Waals surface area contributed by atoms with E-state index in [0.717, 1.165) is 12.1 Å². The molecule has 2 aromatic rings. The largest absolute Gasteiger partial charge is 0.375 e. The van der Waals surface area contributed by atoms with Crippen LogP contribution >= 0.6 is 0 Å². The molecule has 0 bridgehead atoms. The number of halogens is 2. The number of hydrogen-bond donors (Lipinski definition) is 0. The normalized spacial score (nSPS) is 15.7. The van der Waals surface area contributed by atoms with Crippen molar-refractivity contribution in [1.29, 1.82) is 0 Å². The van der Waals surface area contributed by atoms with Gasteiger partial charge in [-0.3, -0.25) is 0 Å². The van der Waals surface area contributed by atoms with Gasteiger partial charge in [0.15, 0.2) is 0 Å². The third kappa shape index (κ3) is 4.17. The van der Waals surface area contributed by atoms with Gasteiger partial charge in [-0.1, -0.05) is 18.2 Å². The zero-order chi connectivity index (χ0) is 19.4. The molecule has 0 spiro atoms. The van der Waals surface area contributed by atoms with Gasteiger partial charge in [-0.15, -0.1) is 0 Å². The van der Waals surface area contributed by atoms with Crippen molar-refractivity contribution in [3.63, 3.8) is 0 Å². The molecule has 0 radical (unpaired) electrons. The summed E-state index contributed by atoms with van der Waals surface area (Å²) in [6.07, 6.45) is 1.61. The Bertz CT molecular complexity index is 835. The molecule has 1 fully saturated rings. The van der Waals surface area contributed by atoms with Crippen LogP contribution in [-0.2, 0) is 21.7 Å². The van der Waals surface area contributed by atoms with E-state index in [2.05, 4.69) is 4.99 Å². The summed E-state index contributed by atoms with van der Waals surface area (Å²) in [6, 6.07) is 9.63. The molecule has 1 saturated heterocycles. The monoisotopic (exact) mass is 374 g/mol. The number of ether oxygens (including phenoxy) is 2. The Kier molecular flexibility index (Phi) is 5.87. The fraction of sp³-hybridized carbons (Fsp3) is 0.381. The third-order valence-electron chi connectivity index (χ3n) is 4.81. The number of nitrogens with zero attached hydrogens (tertiary/aromatic N) is 2. The van der Waals surface area contributed by atoms with Crippen molar-refractivity contribution in [3.05, 3.63) is 64.7 Å². The molecule has 0 atom stereocenters. The fourth-order valence-corrected chi connectivity index (χ4v) is 2.93. The van der Waals surface area contributed by atoms with Crippen molar-refractivity contribution >= 4 is 12.0 Å². The number of aliphatic imine (C=N–C) groups is 1. The quantitative estimate of drug-likeness (QED) is 0.534. The lowest BCUT2D eigenvalue weighted by Gasteiger charge is -2.42. The molecule has 144 valence electrons. The maximum Gasteiger partial charge on any atom is 0.149 e. The van der Waals surface area contributed by atoms with Crippen LogP contribution in [0.3, 0.4) is 0 Å². The second kappa shape index (κ2) is 8.15. The zero-order valence-corrected chi connectivity index (χ0v) is 15.8. The standard InChI is InChI=1S/C21H24F2N2O2/c1-4-25(3)14-24-20-9-15(2)17(10-19(20)23)21(12-26-13-21)27-11-16-7-5-6-8-18(16)22/h5-10,14H,4,11-13H2,1-3H3. The average molecular weight is 374 g/mol. The van der Waals surface area contributed by atoms with Crippen molar-refractivity contribution in [2.24, 2.45) is 4.99 Å². The van der Waals surface area contributed by atoms with E-state index in [0.29, 0.717) is 24.3 Å². The average Bonchev–Trinajstić information content (AvgIpc) is 2.63. The van der Waals surface area contributed by atoms with Crippen molar-refractivity contribution in [1.82, 2.24) is 4.90 Å². The van der Waals surface area contributed by atoms with Crippen LogP contribution in [0.25, 0.3) is 0 Å². The van der Waals surface area contributed by atoms with E-state index in [-0.39, 0.29) is 18.1 Å². The first kappa shape index (κ1) is 19.5. The Morgan fingerprint density at radius 1 is 1.22 bits per heavy atom. The third-order valence-corrected chi connectivity index (χ3v) is 4.81. The van der Waals surface area contributed by atoms with Crippen molar-refractivity contribution in [2.75, 3.05) is 26.8 Å². The summed E-state index contributed by atoms with van der Waals surface area (Å²) >= 11 is 0. The second-order valence-corrected chi connectivity index (χ2v) is 6.80. The number of benzene rings is 2. The minimum atomic E-state index is -0.768. The minimum absolute atomic E-state index is 0.0955. The molecule has 0 amide bonds. The highest BCUT2D eigenvalue weighted by atomic mass is 19.1. The Hall–Kier alpha value is -2.31. The lowest BCUT2D eigenvalue weighted by atomic mass is 9.87. The Morgan fingerprint density at radius 3 is 2.59 bits per heavy atom. The highest BCUT2D eigenvalue weighted by Gasteiger charge is 2.43. The van der Waals surface area contributed by atoms with Gasteiger partial charge in [0.2, 0.25) is 0 Å². The van der Waals surface area contributed by atoms with Gasteiger partial charge in [0.1, 0.15) is 22.9 Å². The van der Waals surface area contributed by atoms with E-state index in [4.69, 9.17) is 9.47 Å². The summed E-state index contributed by atoms with van der Waals surface area (Å²) in [7, 11) is 1.87. The molecule has 1 heterocycles. The van der Waals surface area contributed by atoms with Gasteiger partial charge in [0, 0.05) is 19.2 Å². The van der Waals surface area contributed by atoms with E-state index in [9.17, 15) is 8.78 Å². The molecule has 1 aliphatic rings. The smallest absolute Gasteiger partial charge is 0.149 e. The van der Waals surface area contributed by atoms with Crippen molar-refractivity contribution in [2.45, 2.75) is 26.1 Å². The Morgan fingerprint density at radius 2 is 1.96 bits per heavy atom. The van der Waals surface area contributed by atoms with Gasteiger partial charge < -0.3 is 14.4 Å². The molecule has 2 aromatic carbocycles.